The lowest BCUT2D eigenvalue weighted by Gasteiger charge is -2.08. The van der Waals surface area contributed by atoms with Gasteiger partial charge in [-0.05, 0) is 11.3 Å². The van der Waals surface area contributed by atoms with Gasteiger partial charge in [0.1, 0.15) is 6.61 Å². The van der Waals surface area contributed by atoms with E-state index in [1.807, 2.05) is 70.6 Å². The first-order valence-corrected chi connectivity index (χ1v) is 12.4. The Morgan fingerprint density at radius 2 is 1.77 bits per heavy atom. The fourth-order valence-electron chi connectivity index (χ4n) is 2.11. The molecule has 0 fully saturated rings. The summed E-state index contributed by atoms with van der Waals surface area (Å²) in [5, 5.41) is 2.20. The molecule has 0 saturated carbocycles. The molecule has 4 rings (SSSR count). The maximum atomic E-state index is 5.81. The summed E-state index contributed by atoms with van der Waals surface area (Å²) in [6.45, 7) is 5.14. The molecule has 4 aliphatic rings. The number of ether oxygens (including phenoxy) is 1. The smallest absolute Gasteiger partial charge is 0.224 e. The Morgan fingerprint density at radius 3 is 2.41 bits per heavy atom. The van der Waals surface area contributed by atoms with Crippen molar-refractivity contribution in [2.75, 3.05) is 18.1 Å². The summed E-state index contributed by atoms with van der Waals surface area (Å²) in [6, 6.07) is 0.315. The van der Waals surface area contributed by atoms with Crippen LogP contribution in [-0.4, -0.2) is 30.1 Å². The topological polar surface area (TPSA) is 21.6 Å². The van der Waals surface area contributed by atoms with Crippen LogP contribution in [0.4, 0.5) is 0 Å². The molecular weight excluding hydrogens is 391 g/mol. The SMILES string of the molecule is CC(C)[C@H]1COC(C2=CSC(=C3SC4=C(SCCS4)S3)S2)=N1. The molecule has 22 heavy (non-hydrogen) atoms. The van der Waals surface area contributed by atoms with Crippen molar-refractivity contribution in [2.45, 2.75) is 19.9 Å². The lowest BCUT2D eigenvalue weighted by atomic mass is 10.1. The highest BCUT2D eigenvalue weighted by atomic mass is 32.3. The minimum Gasteiger partial charge on any atom is -0.475 e. The van der Waals surface area contributed by atoms with Crippen LogP contribution < -0.4 is 0 Å². The molecule has 0 aromatic heterocycles. The molecule has 0 unspecified atom stereocenters. The number of hydrogen-bond donors (Lipinski definition) is 0. The molecule has 118 valence electrons. The third-order valence-electron chi connectivity index (χ3n) is 3.38. The van der Waals surface area contributed by atoms with Crippen LogP contribution in [0.2, 0.25) is 0 Å². The van der Waals surface area contributed by atoms with Gasteiger partial charge in [0.25, 0.3) is 0 Å². The van der Waals surface area contributed by atoms with Crippen LogP contribution in [0, 0.1) is 5.92 Å². The Morgan fingerprint density at radius 1 is 1.05 bits per heavy atom. The molecule has 0 spiro atoms. The van der Waals surface area contributed by atoms with Gasteiger partial charge in [0.2, 0.25) is 5.90 Å². The fraction of sp³-hybridized carbons (Fsp3) is 0.500. The first-order valence-electron chi connectivity index (χ1n) is 7.06. The quantitative estimate of drug-likeness (QED) is 0.557. The van der Waals surface area contributed by atoms with E-state index in [2.05, 4.69) is 19.3 Å². The molecule has 0 aliphatic carbocycles. The molecule has 2 nitrogen and oxygen atoms in total. The van der Waals surface area contributed by atoms with E-state index in [1.54, 1.807) is 0 Å². The number of thioether (sulfide) groups is 6. The van der Waals surface area contributed by atoms with Gasteiger partial charge in [-0.15, -0.1) is 23.5 Å². The highest BCUT2D eigenvalue weighted by molar-refractivity contribution is 8.43. The molecular formula is C14H15NOS6. The Kier molecular flexibility index (Phi) is 5.15. The molecule has 0 N–H and O–H groups in total. The molecule has 1 atom stereocenters. The van der Waals surface area contributed by atoms with E-state index in [1.165, 1.54) is 33.4 Å². The number of nitrogens with zero attached hydrogens (tertiary/aromatic N) is 1. The third-order valence-corrected chi connectivity index (χ3v) is 12.1. The normalized spacial score (nSPS) is 28.2. The molecule has 0 amide bonds. The van der Waals surface area contributed by atoms with E-state index < -0.39 is 0 Å². The van der Waals surface area contributed by atoms with Crippen LogP contribution >= 0.6 is 70.6 Å². The molecule has 4 heterocycles. The van der Waals surface area contributed by atoms with Gasteiger partial charge in [0.15, 0.2) is 0 Å². The van der Waals surface area contributed by atoms with Crippen molar-refractivity contribution in [3.63, 3.8) is 0 Å². The number of aliphatic imine (C=N–C) groups is 1. The van der Waals surface area contributed by atoms with Crippen molar-refractivity contribution in [3.05, 3.63) is 27.3 Å². The van der Waals surface area contributed by atoms with E-state index >= 15 is 0 Å². The monoisotopic (exact) mass is 405 g/mol. The van der Waals surface area contributed by atoms with Crippen LogP contribution in [0.3, 0.4) is 0 Å². The molecule has 0 saturated heterocycles. The van der Waals surface area contributed by atoms with Crippen molar-refractivity contribution in [1.29, 1.82) is 0 Å². The fourth-order valence-corrected chi connectivity index (χ4v) is 10.6. The van der Waals surface area contributed by atoms with Crippen LogP contribution in [0.1, 0.15) is 13.8 Å². The summed E-state index contributed by atoms with van der Waals surface area (Å²) in [6.07, 6.45) is 0. The summed E-state index contributed by atoms with van der Waals surface area (Å²) in [4.78, 5) is 5.92. The predicted molar refractivity (Wildman–Crippen MR) is 109 cm³/mol. The molecule has 0 radical (unpaired) electrons. The highest BCUT2D eigenvalue weighted by Gasteiger charge is 2.32. The van der Waals surface area contributed by atoms with Gasteiger partial charge >= 0.3 is 0 Å². The lowest BCUT2D eigenvalue weighted by molar-refractivity contribution is 0.292. The lowest BCUT2D eigenvalue weighted by Crippen LogP contribution is -2.13. The number of rotatable bonds is 2. The van der Waals surface area contributed by atoms with Gasteiger partial charge in [0.05, 0.1) is 27.9 Å². The van der Waals surface area contributed by atoms with Gasteiger partial charge in [-0.2, -0.15) is 0 Å². The zero-order chi connectivity index (χ0) is 15.1. The zero-order valence-corrected chi connectivity index (χ0v) is 17.1. The first-order chi connectivity index (χ1) is 10.7. The van der Waals surface area contributed by atoms with E-state index in [-0.39, 0.29) is 0 Å². The molecule has 0 aromatic carbocycles. The zero-order valence-electron chi connectivity index (χ0n) is 12.2. The Labute approximate surface area is 156 Å². The molecule has 8 heteroatoms. The Hall–Kier alpha value is 0.790. The average Bonchev–Trinajstić information content (AvgIpc) is 3.24. The van der Waals surface area contributed by atoms with E-state index in [0.717, 1.165) is 12.5 Å². The van der Waals surface area contributed by atoms with E-state index in [4.69, 9.17) is 9.73 Å². The van der Waals surface area contributed by atoms with Crippen molar-refractivity contribution < 1.29 is 4.74 Å². The average molecular weight is 406 g/mol. The number of hydrogen-bond acceptors (Lipinski definition) is 8. The summed E-state index contributed by atoms with van der Waals surface area (Å²) in [5.41, 5.74) is 0. The first kappa shape index (κ1) is 16.3. The van der Waals surface area contributed by atoms with Gasteiger partial charge in [-0.1, -0.05) is 60.9 Å². The van der Waals surface area contributed by atoms with Crippen LogP contribution in [0.25, 0.3) is 0 Å². The van der Waals surface area contributed by atoms with Gasteiger partial charge < -0.3 is 4.74 Å². The third kappa shape index (κ3) is 3.28. The second-order valence-electron chi connectivity index (χ2n) is 5.31. The minimum absolute atomic E-state index is 0.315. The largest absolute Gasteiger partial charge is 0.475 e. The van der Waals surface area contributed by atoms with Crippen LogP contribution in [0.15, 0.2) is 32.3 Å². The molecule has 4 aliphatic heterocycles. The van der Waals surface area contributed by atoms with Crippen molar-refractivity contribution >= 4 is 76.5 Å². The van der Waals surface area contributed by atoms with Gasteiger partial charge in [-0.25, -0.2) is 4.99 Å². The molecule has 0 bridgehead atoms. The summed E-state index contributed by atoms with van der Waals surface area (Å²) < 4.78 is 11.6. The summed E-state index contributed by atoms with van der Waals surface area (Å²) in [7, 11) is 0. The second-order valence-corrected chi connectivity index (χ2v) is 12.5. The Balaban J connectivity index is 1.45. The van der Waals surface area contributed by atoms with E-state index in [9.17, 15) is 0 Å². The van der Waals surface area contributed by atoms with Crippen molar-refractivity contribution in [3.8, 4) is 0 Å². The van der Waals surface area contributed by atoms with E-state index in [0.29, 0.717) is 12.0 Å². The minimum atomic E-state index is 0.315. The summed E-state index contributed by atoms with van der Waals surface area (Å²) >= 11 is 11.6. The van der Waals surface area contributed by atoms with Crippen molar-refractivity contribution in [1.82, 2.24) is 0 Å². The maximum Gasteiger partial charge on any atom is 0.224 e. The van der Waals surface area contributed by atoms with Gasteiger partial charge in [0, 0.05) is 11.5 Å². The Bertz CT molecular complexity index is 601. The molecule has 0 aromatic rings. The highest BCUT2D eigenvalue weighted by Crippen LogP contribution is 2.63. The summed E-state index contributed by atoms with van der Waals surface area (Å²) in [5.74, 6) is 3.87. The van der Waals surface area contributed by atoms with Crippen LogP contribution in [-0.2, 0) is 4.74 Å². The second kappa shape index (κ2) is 6.96. The van der Waals surface area contributed by atoms with Crippen molar-refractivity contribution in [2.24, 2.45) is 10.9 Å². The van der Waals surface area contributed by atoms with Gasteiger partial charge in [-0.3, -0.25) is 0 Å². The maximum absolute atomic E-state index is 5.81. The van der Waals surface area contributed by atoms with Crippen LogP contribution in [0.5, 0.6) is 0 Å². The standard InChI is InChI=1S/C14H15NOS6/c1-7(2)8-5-16-10(15-8)9-6-19-13(20-9)14-21-11-12(22-14)18-4-3-17-11/h6-8H,3-5H2,1-2H3/t8-/m1/s1. The predicted octanol–water partition coefficient (Wildman–Crippen LogP) is 5.97.